The van der Waals surface area contributed by atoms with Crippen LogP contribution >= 0.6 is 12.4 Å². The van der Waals surface area contributed by atoms with Crippen molar-refractivity contribution >= 4 is 24.6 Å². The Balaban J connectivity index is 0.00000208. The fraction of sp³-hybridized carbons (Fsp3) is 0.467. The van der Waals surface area contributed by atoms with E-state index in [1.54, 1.807) is 19.2 Å². The van der Waals surface area contributed by atoms with Gasteiger partial charge in [0.05, 0.1) is 11.1 Å². The summed E-state index contributed by atoms with van der Waals surface area (Å²) in [5.74, 6) is 0.788. The summed E-state index contributed by atoms with van der Waals surface area (Å²) in [7, 11) is 3.02. The van der Waals surface area contributed by atoms with Gasteiger partial charge in [-0.25, -0.2) is 4.79 Å². The van der Waals surface area contributed by atoms with Crippen molar-refractivity contribution in [3.05, 3.63) is 44.3 Å². The van der Waals surface area contributed by atoms with Crippen LogP contribution in [0.4, 0.5) is 0 Å². The van der Waals surface area contributed by atoms with E-state index in [0.29, 0.717) is 11.4 Å². The van der Waals surface area contributed by atoms with Crippen molar-refractivity contribution in [2.45, 2.75) is 31.2 Å². The van der Waals surface area contributed by atoms with Crippen LogP contribution in [-0.2, 0) is 19.6 Å². The Morgan fingerprint density at radius 1 is 1.25 bits per heavy atom. The third-order valence-corrected chi connectivity index (χ3v) is 4.26. The topological polar surface area (TPSA) is 109 Å². The Morgan fingerprint density at radius 3 is 2.58 bits per heavy atom. The van der Waals surface area contributed by atoms with Crippen LogP contribution in [-0.4, -0.2) is 19.3 Å². The van der Waals surface area contributed by atoms with E-state index in [-0.39, 0.29) is 29.5 Å². The molecule has 130 valence electrons. The van der Waals surface area contributed by atoms with Crippen LogP contribution < -0.4 is 17.0 Å². The van der Waals surface area contributed by atoms with E-state index >= 15 is 0 Å². The van der Waals surface area contributed by atoms with E-state index < -0.39 is 5.54 Å². The van der Waals surface area contributed by atoms with Gasteiger partial charge in [0.1, 0.15) is 0 Å². The maximum atomic E-state index is 12.0. The molecule has 2 heterocycles. The van der Waals surface area contributed by atoms with Gasteiger partial charge in [0.25, 0.3) is 11.4 Å². The van der Waals surface area contributed by atoms with Gasteiger partial charge >= 0.3 is 5.69 Å². The maximum absolute atomic E-state index is 12.0. The lowest BCUT2D eigenvalue weighted by Gasteiger charge is -2.17. The molecule has 0 bridgehead atoms. The average Bonchev–Trinajstić information content (AvgIpc) is 3.17. The molecule has 0 spiro atoms. The van der Waals surface area contributed by atoms with E-state index in [2.05, 4.69) is 10.1 Å². The zero-order chi connectivity index (χ0) is 16.6. The molecule has 1 aliphatic rings. The Morgan fingerprint density at radius 2 is 1.92 bits per heavy atom. The number of nitrogens with two attached hydrogens (primary N) is 1. The molecule has 0 atom stereocenters. The summed E-state index contributed by atoms with van der Waals surface area (Å²) in [5, 5.41) is 3.95. The van der Waals surface area contributed by atoms with Gasteiger partial charge in [-0.15, -0.1) is 12.4 Å². The van der Waals surface area contributed by atoms with Crippen LogP contribution in [0.1, 0.15) is 43.0 Å². The van der Waals surface area contributed by atoms with Crippen LogP contribution in [0.15, 0.2) is 20.3 Å². The lowest BCUT2D eigenvalue weighted by atomic mass is 9.99. The van der Waals surface area contributed by atoms with Crippen molar-refractivity contribution in [1.29, 1.82) is 0 Å². The van der Waals surface area contributed by atoms with Crippen molar-refractivity contribution in [2.75, 3.05) is 0 Å². The lowest BCUT2D eigenvalue weighted by Crippen LogP contribution is -2.37. The molecule has 0 aliphatic heterocycles. The van der Waals surface area contributed by atoms with Gasteiger partial charge in [-0.1, -0.05) is 18.0 Å². The zero-order valence-corrected chi connectivity index (χ0v) is 14.4. The number of aryl methyl sites for hydroxylation is 1. The standard InChI is InChI=1S/C15H19N5O3.ClH/c1-19-9-10(12(21)20(2)14(19)22)5-6-11-17-13(18-23-11)15(16)7-3-4-8-15;/h5-6,9H,3-4,7-8,16H2,1-2H3;1H/b6-5+;. The SMILES string of the molecule is Cl.Cn1cc(/C=C/c2nc(C3(N)CCCC3)no2)c(=O)n(C)c1=O. The molecule has 0 saturated heterocycles. The predicted octanol–water partition coefficient (Wildman–Crippen LogP) is 0.787. The summed E-state index contributed by atoms with van der Waals surface area (Å²) >= 11 is 0. The largest absolute Gasteiger partial charge is 0.335 e. The molecule has 0 radical (unpaired) electrons. The maximum Gasteiger partial charge on any atom is 0.330 e. The number of rotatable bonds is 3. The van der Waals surface area contributed by atoms with Crippen molar-refractivity contribution in [1.82, 2.24) is 19.3 Å². The number of halogens is 1. The quantitative estimate of drug-likeness (QED) is 0.873. The van der Waals surface area contributed by atoms with E-state index in [0.717, 1.165) is 30.3 Å². The van der Waals surface area contributed by atoms with Crippen LogP contribution in [0.25, 0.3) is 12.2 Å². The normalized spacial score (nSPS) is 16.5. The summed E-state index contributed by atoms with van der Waals surface area (Å²) in [6.45, 7) is 0. The van der Waals surface area contributed by atoms with Crippen LogP contribution in [0.5, 0.6) is 0 Å². The van der Waals surface area contributed by atoms with Gasteiger partial charge in [-0.2, -0.15) is 4.98 Å². The first kappa shape index (κ1) is 18.2. The molecule has 24 heavy (non-hydrogen) atoms. The van der Waals surface area contributed by atoms with Gasteiger partial charge in [0.2, 0.25) is 0 Å². The van der Waals surface area contributed by atoms with Gasteiger partial charge < -0.3 is 14.8 Å². The zero-order valence-electron chi connectivity index (χ0n) is 13.6. The monoisotopic (exact) mass is 353 g/mol. The second-order valence-electron chi connectivity index (χ2n) is 5.99. The van der Waals surface area contributed by atoms with E-state index in [4.69, 9.17) is 10.3 Å². The average molecular weight is 354 g/mol. The van der Waals surface area contributed by atoms with Gasteiger partial charge in [-0.05, 0) is 18.9 Å². The molecule has 1 saturated carbocycles. The molecule has 0 aromatic carbocycles. The molecular weight excluding hydrogens is 334 g/mol. The molecule has 2 aromatic rings. The minimum absolute atomic E-state index is 0. The minimum atomic E-state index is -0.512. The third-order valence-electron chi connectivity index (χ3n) is 4.26. The van der Waals surface area contributed by atoms with Gasteiger partial charge in [0, 0.05) is 26.4 Å². The molecule has 9 heteroatoms. The number of hydrogen-bond acceptors (Lipinski definition) is 6. The van der Waals surface area contributed by atoms with E-state index in [9.17, 15) is 9.59 Å². The van der Waals surface area contributed by atoms with Gasteiger partial charge in [0.15, 0.2) is 5.82 Å². The number of aromatic nitrogens is 4. The first-order valence-corrected chi connectivity index (χ1v) is 7.48. The molecule has 1 fully saturated rings. The molecule has 3 rings (SSSR count). The summed E-state index contributed by atoms with van der Waals surface area (Å²) < 4.78 is 7.57. The minimum Gasteiger partial charge on any atom is -0.335 e. The molecule has 0 amide bonds. The van der Waals surface area contributed by atoms with Crippen LogP contribution in [0, 0.1) is 0 Å². The molecule has 2 N–H and O–H groups in total. The highest BCUT2D eigenvalue weighted by molar-refractivity contribution is 5.85. The van der Waals surface area contributed by atoms with E-state index in [1.165, 1.54) is 17.8 Å². The third kappa shape index (κ3) is 3.20. The second-order valence-corrected chi connectivity index (χ2v) is 5.99. The fourth-order valence-corrected chi connectivity index (χ4v) is 2.85. The Kier molecular flexibility index (Phi) is 5.10. The number of nitrogens with zero attached hydrogens (tertiary/aromatic N) is 4. The molecule has 2 aromatic heterocycles. The smallest absolute Gasteiger partial charge is 0.330 e. The summed E-state index contributed by atoms with van der Waals surface area (Å²) in [6.07, 6.45) is 8.38. The first-order chi connectivity index (χ1) is 10.9. The second kappa shape index (κ2) is 6.74. The molecular formula is C15H20ClN5O3. The van der Waals surface area contributed by atoms with Crippen LogP contribution in [0.2, 0.25) is 0 Å². The summed E-state index contributed by atoms with van der Waals surface area (Å²) in [6, 6.07) is 0. The van der Waals surface area contributed by atoms with E-state index in [1.807, 2.05) is 0 Å². The molecule has 8 nitrogen and oxygen atoms in total. The Labute approximate surface area is 144 Å². The number of hydrogen-bond donors (Lipinski definition) is 1. The highest BCUT2D eigenvalue weighted by Crippen LogP contribution is 2.34. The van der Waals surface area contributed by atoms with Crippen molar-refractivity contribution < 1.29 is 4.52 Å². The highest BCUT2D eigenvalue weighted by atomic mass is 35.5. The lowest BCUT2D eigenvalue weighted by molar-refractivity contribution is 0.364. The highest BCUT2D eigenvalue weighted by Gasteiger charge is 2.35. The molecule has 0 unspecified atom stereocenters. The Bertz CT molecular complexity index is 874. The fourth-order valence-electron chi connectivity index (χ4n) is 2.85. The van der Waals surface area contributed by atoms with Crippen molar-refractivity contribution in [3.63, 3.8) is 0 Å². The van der Waals surface area contributed by atoms with Gasteiger partial charge in [-0.3, -0.25) is 9.36 Å². The Hall–Kier alpha value is -2.19. The first-order valence-electron chi connectivity index (χ1n) is 7.48. The van der Waals surface area contributed by atoms with Crippen molar-refractivity contribution in [3.8, 4) is 0 Å². The summed E-state index contributed by atoms with van der Waals surface area (Å²) in [4.78, 5) is 28.0. The summed E-state index contributed by atoms with van der Waals surface area (Å²) in [5.41, 5.74) is 5.37. The molecule has 1 aliphatic carbocycles. The van der Waals surface area contributed by atoms with Crippen molar-refractivity contribution in [2.24, 2.45) is 19.8 Å². The van der Waals surface area contributed by atoms with Crippen LogP contribution in [0.3, 0.4) is 0 Å². The predicted molar refractivity (Wildman–Crippen MR) is 91.7 cm³/mol.